The molecule has 4 amide bonds. The number of hydrogen-bond acceptors (Lipinski definition) is 15. The lowest BCUT2D eigenvalue weighted by Crippen LogP contribution is -2.55. The number of nitrogens with one attached hydrogen (secondary N) is 2. The molecule has 70 heavy (non-hydrogen) atoms. The van der Waals surface area contributed by atoms with Crippen molar-refractivity contribution in [2.24, 2.45) is 21.5 Å². The Bertz CT molecular complexity index is 2790. The molecule has 368 valence electrons. The molecule has 0 bridgehead atoms. The van der Waals surface area contributed by atoms with Crippen LogP contribution in [0.3, 0.4) is 0 Å². The number of ether oxygens (including phenoxy) is 3. The molecule has 4 atom stereocenters. The number of carboxylic acids is 1. The maximum atomic E-state index is 13.3. The first-order chi connectivity index (χ1) is 33.2. The number of esters is 1. The normalized spacial score (nSPS) is 18.6. The molecule has 4 aliphatic heterocycles. The Balaban J connectivity index is 0.000000207. The van der Waals surface area contributed by atoms with Gasteiger partial charge in [0.25, 0.3) is 23.6 Å². The molecule has 0 saturated carbocycles. The fraction of sp³-hybridized carbons (Fsp3) is 0.360. The van der Waals surface area contributed by atoms with Crippen LogP contribution in [0.2, 0.25) is 0 Å². The Labute approximate surface area is 403 Å². The van der Waals surface area contributed by atoms with Crippen molar-refractivity contribution >= 4 is 70.0 Å². The van der Waals surface area contributed by atoms with Crippen LogP contribution >= 0.6 is 0 Å². The molecule has 20 nitrogen and oxygen atoms in total. The van der Waals surface area contributed by atoms with E-state index in [-0.39, 0.29) is 38.9 Å². The van der Waals surface area contributed by atoms with Crippen molar-refractivity contribution in [3.05, 3.63) is 118 Å². The Hall–Kier alpha value is -7.52. The van der Waals surface area contributed by atoms with Crippen LogP contribution in [0.5, 0.6) is 0 Å². The summed E-state index contributed by atoms with van der Waals surface area (Å²) in [6.07, 6.45) is -6.26. The van der Waals surface area contributed by atoms with E-state index in [4.69, 9.17) is 25.7 Å². The molecule has 0 aliphatic carbocycles. The lowest BCUT2D eigenvalue weighted by molar-refractivity contribution is -0.150. The van der Waals surface area contributed by atoms with Gasteiger partial charge < -0.3 is 61.4 Å². The summed E-state index contributed by atoms with van der Waals surface area (Å²) in [4.78, 5) is 87.1. The number of aliphatic hydroxyl groups is 2. The van der Waals surface area contributed by atoms with Gasteiger partial charge in [0.2, 0.25) is 0 Å². The smallest absolute Gasteiger partial charge is 0.315 e. The van der Waals surface area contributed by atoms with Crippen molar-refractivity contribution in [1.82, 2.24) is 0 Å². The summed E-state index contributed by atoms with van der Waals surface area (Å²) in [5.41, 5.74) is 16.0. The van der Waals surface area contributed by atoms with E-state index in [0.717, 1.165) is 22.3 Å². The van der Waals surface area contributed by atoms with Gasteiger partial charge in [-0.25, -0.2) is 0 Å². The highest BCUT2D eigenvalue weighted by Gasteiger charge is 2.42. The minimum atomic E-state index is -1.75. The summed E-state index contributed by atoms with van der Waals surface area (Å²) < 4.78 is 16.2. The standard InChI is InChI=1S/C26H30N4O6.C24H26N4O6/c1-4-35-25(34)26(2,3)16-6-5-7-18(13-16)30-10-11-36-21(24(30)33)20(31)23(32)29-17-8-9-19-15(12-17)14-28-22(19)27;1-24(2,23(32)33)14-4-3-5-16(11-14)28-8-9-34-19(22(28)31)18(29)21(30)27-15-6-7-17-13(10-15)12-26-20(17)25/h5-9,12-13,20-21,31H,4,10-11,14H2,1-3H3,(H2,27,28)(H,29,32);3-7,10-11,18-19,29H,8-9,12H2,1-2H3,(H2,25,26)(H,27,30)(H,32,33)/t20-,21-;18-,19-/m11/s1. The molecule has 9 N–H and O–H groups in total. The fourth-order valence-electron chi connectivity index (χ4n) is 8.18. The average molecular weight is 961 g/mol. The first kappa shape index (κ1) is 50.4. The number of hydrogen-bond donors (Lipinski definition) is 7. The number of carbonyl (C=O) groups excluding carboxylic acids is 5. The predicted molar refractivity (Wildman–Crippen MR) is 258 cm³/mol. The van der Waals surface area contributed by atoms with E-state index in [9.17, 15) is 44.1 Å². The summed E-state index contributed by atoms with van der Waals surface area (Å²) in [5.74, 6) is -3.18. The topological polar surface area (TPSA) is 298 Å². The Morgan fingerprint density at radius 2 is 1.13 bits per heavy atom. The predicted octanol–water partition coefficient (Wildman–Crippen LogP) is 2.48. The number of benzene rings is 4. The molecule has 0 aromatic heterocycles. The summed E-state index contributed by atoms with van der Waals surface area (Å²) >= 11 is 0. The number of aliphatic carboxylic acids is 1. The number of morpholine rings is 2. The van der Waals surface area contributed by atoms with Crippen LogP contribution < -0.4 is 31.9 Å². The lowest BCUT2D eigenvalue weighted by atomic mass is 9.84. The number of carboxylic acid groups (broad SMARTS) is 1. The van der Waals surface area contributed by atoms with E-state index < -0.39 is 64.8 Å². The van der Waals surface area contributed by atoms with Gasteiger partial charge in [-0.3, -0.25) is 38.8 Å². The largest absolute Gasteiger partial charge is 0.481 e. The Morgan fingerprint density at radius 1 is 0.700 bits per heavy atom. The van der Waals surface area contributed by atoms with Crippen LogP contribution in [-0.2, 0) is 66.9 Å². The van der Waals surface area contributed by atoms with E-state index in [1.165, 1.54) is 9.80 Å². The van der Waals surface area contributed by atoms with E-state index in [1.807, 2.05) is 0 Å². The first-order valence-electron chi connectivity index (χ1n) is 22.5. The third-order valence-corrected chi connectivity index (χ3v) is 12.6. The van der Waals surface area contributed by atoms with Crippen molar-refractivity contribution in [2.75, 3.05) is 53.3 Å². The summed E-state index contributed by atoms with van der Waals surface area (Å²) in [6, 6.07) is 23.9. The van der Waals surface area contributed by atoms with Gasteiger partial charge in [-0.1, -0.05) is 24.3 Å². The van der Waals surface area contributed by atoms with Crippen molar-refractivity contribution in [3.8, 4) is 0 Å². The molecule has 0 unspecified atom stereocenters. The molecule has 0 radical (unpaired) electrons. The van der Waals surface area contributed by atoms with Gasteiger partial charge in [-0.2, -0.15) is 0 Å². The van der Waals surface area contributed by atoms with Gasteiger partial charge in [0.05, 0.1) is 43.7 Å². The molecule has 0 spiro atoms. The van der Waals surface area contributed by atoms with Crippen molar-refractivity contribution in [3.63, 3.8) is 0 Å². The van der Waals surface area contributed by atoms with Crippen LogP contribution in [0.1, 0.15) is 68.0 Å². The molecule has 2 saturated heterocycles. The van der Waals surface area contributed by atoms with Gasteiger partial charge in [0.15, 0.2) is 24.4 Å². The monoisotopic (exact) mass is 960 g/mol. The van der Waals surface area contributed by atoms with E-state index in [2.05, 4.69) is 20.6 Å². The van der Waals surface area contributed by atoms with E-state index in [1.54, 1.807) is 120 Å². The van der Waals surface area contributed by atoms with Crippen LogP contribution in [0.25, 0.3) is 0 Å². The lowest BCUT2D eigenvalue weighted by Gasteiger charge is -2.34. The first-order valence-corrected chi connectivity index (χ1v) is 22.5. The molecule has 4 heterocycles. The third-order valence-electron chi connectivity index (χ3n) is 12.6. The molecule has 4 aromatic carbocycles. The van der Waals surface area contributed by atoms with Gasteiger partial charge in [-0.05, 0) is 118 Å². The summed E-state index contributed by atoms with van der Waals surface area (Å²) in [7, 11) is 0. The summed E-state index contributed by atoms with van der Waals surface area (Å²) in [5, 5.41) is 36.1. The molecule has 4 aromatic rings. The maximum Gasteiger partial charge on any atom is 0.315 e. The fourth-order valence-corrected chi connectivity index (χ4v) is 8.18. The van der Waals surface area contributed by atoms with Gasteiger partial charge in [0.1, 0.15) is 11.7 Å². The van der Waals surface area contributed by atoms with Crippen LogP contribution in [0.4, 0.5) is 22.7 Å². The number of carbonyl (C=O) groups is 6. The maximum absolute atomic E-state index is 13.3. The second kappa shape index (κ2) is 20.6. The molecule has 20 heteroatoms. The van der Waals surface area contributed by atoms with Gasteiger partial charge >= 0.3 is 11.9 Å². The number of nitrogens with two attached hydrogens (primary N) is 2. The van der Waals surface area contributed by atoms with Crippen LogP contribution in [-0.4, -0.2) is 120 Å². The number of aliphatic imine (C=N–C) groups is 2. The second-order valence-electron chi connectivity index (χ2n) is 18.0. The number of amides is 4. The molecule has 8 rings (SSSR count). The zero-order chi connectivity index (χ0) is 50.7. The third kappa shape index (κ3) is 10.4. The second-order valence-corrected chi connectivity index (χ2v) is 18.0. The quantitative estimate of drug-likeness (QED) is 0.0948. The Morgan fingerprint density at radius 3 is 1.54 bits per heavy atom. The van der Waals surface area contributed by atoms with Crippen LogP contribution in [0.15, 0.2) is 94.9 Å². The number of amidine groups is 2. The molecular weight excluding hydrogens is 905 g/mol. The number of fused-ring (bicyclic) bond motifs is 2. The minimum absolute atomic E-state index is 0.1000. The minimum Gasteiger partial charge on any atom is -0.481 e. The zero-order valence-electron chi connectivity index (χ0n) is 39.3. The number of rotatable bonds is 13. The highest BCUT2D eigenvalue weighted by molar-refractivity contribution is 6.06. The number of aliphatic hydroxyl groups excluding tert-OH is 2. The average Bonchev–Trinajstić information content (AvgIpc) is 3.91. The van der Waals surface area contributed by atoms with Crippen molar-refractivity contribution in [1.29, 1.82) is 0 Å². The highest BCUT2D eigenvalue weighted by atomic mass is 16.5. The van der Waals surface area contributed by atoms with Crippen molar-refractivity contribution in [2.45, 2.75) is 83.0 Å². The number of anilines is 4. The SMILES string of the molecule is CC(C)(C(=O)O)c1cccc(N2CCO[C@H]([C@@H](O)C(=O)Nc3ccc4c(c3)CN=C4N)C2=O)c1.CCOC(=O)C(C)(C)c1cccc(N2CCO[C@H]([C@@H](O)C(=O)Nc3ccc4c(c3)CN=C4N)C2=O)c1. The molecule has 2 fully saturated rings. The highest BCUT2D eigenvalue weighted by Crippen LogP contribution is 2.32. The Kier molecular flexibility index (Phi) is 14.8. The zero-order valence-corrected chi connectivity index (χ0v) is 39.3. The van der Waals surface area contributed by atoms with E-state index in [0.29, 0.717) is 58.6 Å². The number of nitrogens with zero attached hydrogens (tertiary/aromatic N) is 4. The van der Waals surface area contributed by atoms with Gasteiger partial charge in [0, 0.05) is 47.0 Å². The van der Waals surface area contributed by atoms with E-state index >= 15 is 0 Å². The molecule has 4 aliphatic rings. The molecular formula is C50H56N8O12. The summed E-state index contributed by atoms with van der Waals surface area (Å²) in [6.45, 7) is 10.1. The van der Waals surface area contributed by atoms with Crippen LogP contribution in [0, 0.1) is 0 Å². The van der Waals surface area contributed by atoms with Crippen molar-refractivity contribution < 1.29 is 58.3 Å². The van der Waals surface area contributed by atoms with Gasteiger partial charge in [-0.15, -0.1) is 0 Å².